The van der Waals surface area contributed by atoms with Crippen LogP contribution in [0.3, 0.4) is 0 Å². The molecule has 0 fully saturated rings. The van der Waals surface area contributed by atoms with E-state index < -0.39 is 5.82 Å². The summed E-state index contributed by atoms with van der Waals surface area (Å²) in [6.45, 7) is 0. The summed E-state index contributed by atoms with van der Waals surface area (Å²) in [5.41, 5.74) is 2.06. The predicted octanol–water partition coefficient (Wildman–Crippen LogP) is 3.57. The van der Waals surface area contributed by atoms with Gasteiger partial charge in [-0.3, -0.25) is 4.57 Å². The molecule has 3 rings (SSSR count). The van der Waals surface area contributed by atoms with Gasteiger partial charge in [-0.25, -0.2) is 4.39 Å². The van der Waals surface area contributed by atoms with E-state index in [1.807, 2.05) is 12.1 Å². The fourth-order valence-electron chi connectivity index (χ4n) is 2.22. The summed E-state index contributed by atoms with van der Waals surface area (Å²) in [5, 5.41) is 18.2. The molecule has 100 valence electrons. The Kier molecular flexibility index (Phi) is 3.02. The third-order valence-corrected chi connectivity index (χ3v) is 3.44. The standard InChI is InChI=1S/C15H7FN4S/c16-11-2-1-3-13(10(11)8-18)20-14-6-9(7-17)4-5-12(14)19-15(20)21/h1-6H,(H,19,21). The molecule has 0 saturated heterocycles. The third kappa shape index (κ3) is 1.99. The minimum atomic E-state index is -0.609. The fraction of sp³-hybridized carbons (Fsp3) is 0. The van der Waals surface area contributed by atoms with E-state index in [1.165, 1.54) is 12.1 Å². The average molecular weight is 294 g/mol. The number of fused-ring (bicyclic) bond motifs is 1. The molecule has 0 atom stereocenters. The fourth-order valence-corrected chi connectivity index (χ4v) is 2.53. The number of benzene rings is 2. The van der Waals surface area contributed by atoms with Gasteiger partial charge in [-0.15, -0.1) is 0 Å². The van der Waals surface area contributed by atoms with Gasteiger partial charge in [0, 0.05) is 0 Å². The zero-order chi connectivity index (χ0) is 15.0. The largest absolute Gasteiger partial charge is 0.330 e. The highest BCUT2D eigenvalue weighted by atomic mass is 32.1. The molecule has 6 heteroatoms. The van der Waals surface area contributed by atoms with E-state index in [2.05, 4.69) is 4.98 Å². The van der Waals surface area contributed by atoms with Gasteiger partial charge in [0.2, 0.25) is 0 Å². The van der Waals surface area contributed by atoms with E-state index in [-0.39, 0.29) is 5.56 Å². The number of nitrogens with one attached hydrogen (secondary N) is 1. The maximum Gasteiger partial charge on any atom is 0.182 e. The Bertz CT molecular complexity index is 1000. The molecular formula is C15H7FN4S. The second-order valence-corrected chi connectivity index (χ2v) is 4.74. The predicted molar refractivity (Wildman–Crippen MR) is 77.8 cm³/mol. The van der Waals surface area contributed by atoms with Crippen LogP contribution in [0.1, 0.15) is 11.1 Å². The molecular weight excluding hydrogens is 287 g/mol. The SMILES string of the molecule is N#Cc1ccc2[nH]c(=S)n(-c3cccc(F)c3C#N)c2c1. The number of rotatable bonds is 1. The molecule has 0 saturated carbocycles. The lowest BCUT2D eigenvalue weighted by atomic mass is 10.1. The van der Waals surface area contributed by atoms with E-state index in [1.54, 1.807) is 28.8 Å². The topological polar surface area (TPSA) is 68.3 Å². The number of hydrogen-bond donors (Lipinski definition) is 1. The Labute approximate surface area is 124 Å². The van der Waals surface area contributed by atoms with Crippen LogP contribution in [0, 0.1) is 33.3 Å². The van der Waals surface area contributed by atoms with Crippen LogP contribution in [0.4, 0.5) is 4.39 Å². The monoisotopic (exact) mass is 294 g/mol. The lowest BCUT2D eigenvalue weighted by molar-refractivity contribution is 0.622. The van der Waals surface area contributed by atoms with Gasteiger partial charge < -0.3 is 4.98 Å². The summed E-state index contributed by atoms with van der Waals surface area (Å²) < 4.78 is 15.7. The molecule has 0 aliphatic carbocycles. The van der Waals surface area contributed by atoms with Gasteiger partial charge in [-0.1, -0.05) is 6.07 Å². The van der Waals surface area contributed by atoms with E-state index in [9.17, 15) is 4.39 Å². The second-order valence-electron chi connectivity index (χ2n) is 4.36. The smallest absolute Gasteiger partial charge is 0.182 e. The summed E-state index contributed by atoms with van der Waals surface area (Å²) >= 11 is 5.26. The first-order valence-electron chi connectivity index (χ1n) is 5.99. The molecule has 2 aromatic carbocycles. The molecule has 0 unspecified atom stereocenters. The van der Waals surface area contributed by atoms with Crippen molar-refractivity contribution in [2.75, 3.05) is 0 Å². The first-order valence-corrected chi connectivity index (χ1v) is 6.40. The molecule has 0 aliphatic rings. The maximum atomic E-state index is 13.8. The Morgan fingerprint density at radius 2 is 1.95 bits per heavy atom. The Balaban J connectivity index is 2.44. The molecule has 0 aliphatic heterocycles. The van der Waals surface area contributed by atoms with E-state index in [0.717, 1.165) is 0 Å². The van der Waals surface area contributed by atoms with E-state index >= 15 is 0 Å². The molecule has 3 aromatic rings. The van der Waals surface area contributed by atoms with Crippen molar-refractivity contribution in [3.63, 3.8) is 0 Å². The molecule has 0 bridgehead atoms. The summed E-state index contributed by atoms with van der Waals surface area (Å²) in [6.07, 6.45) is 0. The molecule has 1 aromatic heterocycles. The maximum absolute atomic E-state index is 13.8. The van der Waals surface area contributed by atoms with Crippen LogP contribution in [-0.4, -0.2) is 9.55 Å². The van der Waals surface area contributed by atoms with E-state index in [4.69, 9.17) is 22.7 Å². The zero-order valence-electron chi connectivity index (χ0n) is 10.6. The number of aromatic nitrogens is 2. The number of hydrogen-bond acceptors (Lipinski definition) is 3. The second kappa shape index (κ2) is 4.86. The number of aromatic amines is 1. The van der Waals surface area contributed by atoms with Crippen molar-refractivity contribution >= 4 is 23.3 Å². The molecule has 1 N–H and O–H groups in total. The van der Waals surface area contributed by atoms with Crippen molar-refractivity contribution in [2.24, 2.45) is 0 Å². The zero-order valence-corrected chi connectivity index (χ0v) is 11.4. The Hall–Kier alpha value is -2.96. The highest BCUT2D eigenvalue weighted by molar-refractivity contribution is 7.71. The minimum absolute atomic E-state index is 0.0862. The van der Waals surface area contributed by atoms with Crippen LogP contribution in [-0.2, 0) is 0 Å². The van der Waals surface area contributed by atoms with Crippen LogP contribution in [0.15, 0.2) is 36.4 Å². The molecule has 0 spiro atoms. The van der Waals surface area contributed by atoms with Crippen molar-refractivity contribution in [1.82, 2.24) is 9.55 Å². The number of H-pyrrole nitrogens is 1. The van der Waals surface area contributed by atoms with Gasteiger partial charge >= 0.3 is 0 Å². The van der Waals surface area contributed by atoms with Crippen LogP contribution in [0.5, 0.6) is 0 Å². The number of imidazole rings is 1. The molecule has 1 heterocycles. The summed E-state index contributed by atoms with van der Waals surface area (Å²) in [5.74, 6) is -0.609. The lowest BCUT2D eigenvalue weighted by Crippen LogP contribution is -2.00. The van der Waals surface area contributed by atoms with Crippen LogP contribution in [0.2, 0.25) is 0 Å². The van der Waals surface area contributed by atoms with Crippen molar-refractivity contribution < 1.29 is 4.39 Å². The van der Waals surface area contributed by atoms with Crippen molar-refractivity contribution in [1.29, 1.82) is 10.5 Å². The Morgan fingerprint density at radius 3 is 2.67 bits per heavy atom. The number of nitrogens with zero attached hydrogens (tertiary/aromatic N) is 3. The van der Waals surface area contributed by atoms with Gasteiger partial charge in [-0.05, 0) is 42.5 Å². The van der Waals surface area contributed by atoms with Gasteiger partial charge in [0.1, 0.15) is 17.4 Å². The third-order valence-electron chi connectivity index (χ3n) is 3.16. The van der Waals surface area contributed by atoms with Crippen LogP contribution in [0.25, 0.3) is 16.7 Å². The highest BCUT2D eigenvalue weighted by Gasteiger charge is 2.14. The highest BCUT2D eigenvalue weighted by Crippen LogP contribution is 2.24. The van der Waals surface area contributed by atoms with Gasteiger partial charge in [0.25, 0.3) is 0 Å². The average Bonchev–Trinajstić information content (AvgIpc) is 2.81. The lowest BCUT2D eigenvalue weighted by Gasteiger charge is -2.07. The Morgan fingerprint density at radius 1 is 1.14 bits per heavy atom. The number of halogens is 1. The summed E-state index contributed by atoms with van der Waals surface area (Å²) in [7, 11) is 0. The first kappa shape index (κ1) is 13.0. The molecule has 0 radical (unpaired) electrons. The van der Waals surface area contributed by atoms with Gasteiger partial charge in [-0.2, -0.15) is 10.5 Å². The first-order chi connectivity index (χ1) is 10.2. The van der Waals surface area contributed by atoms with Crippen LogP contribution < -0.4 is 0 Å². The summed E-state index contributed by atoms with van der Waals surface area (Å²) in [6, 6.07) is 13.3. The van der Waals surface area contributed by atoms with Crippen molar-refractivity contribution in [3.05, 3.63) is 58.1 Å². The van der Waals surface area contributed by atoms with Crippen molar-refractivity contribution in [2.45, 2.75) is 0 Å². The van der Waals surface area contributed by atoms with Gasteiger partial charge in [0.15, 0.2) is 4.77 Å². The van der Waals surface area contributed by atoms with E-state index in [0.29, 0.717) is 27.1 Å². The number of nitriles is 2. The quantitative estimate of drug-likeness (QED) is 0.698. The van der Waals surface area contributed by atoms with Crippen LogP contribution >= 0.6 is 12.2 Å². The summed E-state index contributed by atoms with van der Waals surface area (Å²) in [4.78, 5) is 2.98. The minimum Gasteiger partial charge on any atom is -0.330 e. The normalized spacial score (nSPS) is 10.2. The molecule has 21 heavy (non-hydrogen) atoms. The molecule has 4 nitrogen and oxygen atoms in total. The molecule has 0 amide bonds. The van der Waals surface area contributed by atoms with Crippen molar-refractivity contribution in [3.8, 4) is 17.8 Å². The van der Waals surface area contributed by atoms with Gasteiger partial charge in [0.05, 0.1) is 28.4 Å².